The second-order valence-corrected chi connectivity index (χ2v) is 7.20. The Kier molecular flexibility index (Phi) is 9.92. The normalized spacial score (nSPS) is 13.5. The summed E-state index contributed by atoms with van der Waals surface area (Å²) in [5.74, 6) is 1.70. The molecular formula is C19H29ClIN7O. The van der Waals surface area contributed by atoms with Gasteiger partial charge in [0.15, 0.2) is 5.96 Å². The van der Waals surface area contributed by atoms with Crippen molar-refractivity contribution in [2.45, 2.75) is 52.1 Å². The number of guanidine groups is 1. The second kappa shape index (κ2) is 12.2. The molecule has 0 aliphatic carbocycles. The first-order valence-corrected chi connectivity index (χ1v) is 10.3. The predicted molar refractivity (Wildman–Crippen MR) is 126 cm³/mol. The maximum absolute atomic E-state index is 12.3. The minimum Gasteiger partial charge on any atom is -0.357 e. The summed E-state index contributed by atoms with van der Waals surface area (Å²) in [7, 11) is 0. The van der Waals surface area contributed by atoms with Gasteiger partial charge in [0, 0.05) is 45.3 Å². The van der Waals surface area contributed by atoms with Crippen LogP contribution >= 0.6 is 35.6 Å². The lowest BCUT2D eigenvalue weighted by atomic mass is 10.2. The fraction of sp³-hybridized carbons (Fsp3) is 0.579. The summed E-state index contributed by atoms with van der Waals surface area (Å²) in [5.41, 5.74) is 1.14. The van der Waals surface area contributed by atoms with Crippen molar-refractivity contribution in [3.05, 3.63) is 45.4 Å². The zero-order valence-corrected chi connectivity index (χ0v) is 19.8. The largest absolute Gasteiger partial charge is 0.357 e. The molecule has 0 spiro atoms. The Bertz CT molecular complexity index is 847. The number of rotatable bonds is 8. The van der Waals surface area contributed by atoms with Crippen LogP contribution in [0.4, 0.5) is 0 Å². The zero-order chi connectivity index (χ0) is 19.8. The Balaban J connectivity index is 0.00000300. The van der Waals surface area contributed by atoms with Gasteiger partial charge in [0.25, 0.3) is 0 Å². The molecule has 8 nitrogen and oxygen atoms in total. The van der Waals surface area contributed by atoms with Crippen LogP contribution in [0.3, 0.4) is 0 Å². The molecule has 0 unspecified atom stereocenters. The third kappa shape index (κ3) is 6.98. The molecule has 2 aromatic rings. The van der Waals surface area contributed by atoms with E-state index in [1.54, 1.807) is 16.9 Å². The molecule has 0 atom stereocenters. The van der Waals surface area contributed by atoms with E-state index < -0.39 is 0 Å². The van der Waals surface area contributed by atoms with E-state index in [2.05, 4.69) is 25.7 Å². The van der Waals surface area contributed by atoms with E-state index in [9.17, 15) is 4.79 Å². The molecule has 0 saturated carbocycles. The van der Waals surface area contributed by atoms with Gasteiger partial charge in [0.1, 0.15) is 11.0 Å². The van der Waals surface area contributed by atoms with Gasteiger partial charge >= 0.3 is 5.69 Å². The summed E-state index contributed by atoms with van der Waals surface area (Å²) in [6.07, 6.45) is 6.48. The van der Waals surface area contributed by atoms with Crippen molar-refractivity contribution >= 4 is 41.5 Å². The smallest absolute Gasteiger partial charge is 0.345 e. The van der Waals surface area contributed by atoms with Gasteiger partial charge in [-0.2, -0.15) is 5.10 Å². The Morgan fingerprint density at radius 1 is 1.31 bits per heavy atom. The molecule has 1 aliphatic heterocycles. The lowest BCUT2D eigenvalue weighted by Crippen LogP contribution is -2.38. The molecule has 0 bridgehead atoms. The van der Waals surface area contributed by atoms with Crippen LogP contribution in [-0.2, 0) is 25.9 Å². The van der Waals surface area contributed by atoms with Crippen molar-refractivity contribution in [1.82, 2.24) is 30.0 Å². The summed E-state index contributed by atoms with van der Waals surface area (Å²) in [5, 5.41) is 11.5. The Morgan fingerprint density at radius 3 is 2.90 bits per heavy atom. The highest BCUT2D eigenvalue weighted by atomic mass is 127. The Morgan fingerprint density at radius 2 is 2.17 bits per heavy atom. The first-order chi connectivity index (χ1) is 13.7. The minimum atomic E-state index is 0. The lowest BCUT2D eigenvalue weighted by Gasteiger charge is -2.11. The van der Waals surface area contributed by atoms with Gasteiger partial charge < -0.3 is 10.6 Å². The average molecular weight is 534 g/mol. The summed E-state index contributed by atoms with van der Waals surface area (Å²) in [4.78, 5) is 21.0. The van der Waals surface area contributed by atoms with Crippen LogP contribution in [0.2, 0.25) is 5.15 Å². The van der Waals surface area contributed by atoms with Crippen molar-refractivity contribution in [1.29, 1.82) is 0 Å². The molecule has 2 aromatic heterocycles. The fourth-order valence-corrected chi connectivity index (χ4v) is 3.34. The molecule has 0 radical (unpaired) electrons. The molecule has 10 heteroatoms. The van der Waals surface area contributed by atoms with Crippen LogP contribution in [0.5, 0.6) is 0 Å². The van der Waals surface area contributed by atoms with Gasteiger partial charge in [-0.15, -0.1) is 24.0 Å². The highest BCUT2D eigenvalue weighted by molar-refractivity contribution is 14.0. The molecule has 1 aliphatic rings. The van der Waals surface area contributed by atoms with Gasteiger partial charge in [0.2, 0.25) is 0 Å². The van der Waals surface area contributed by atoms with Crippen molar-refractivity contribution in [2.24, 2.45) is 4.99 Å². The van der Waals surface area contributed by atoms with E-state index in [4.69, 9.17) is 11.6 Å². The molecule has 160 valence electrons. The zero-order valence-electron chi connectivity index (χ0n) is 16.7. The van der Waals surface area contributed by atoms with Crippen molar-refractivity contribution in [3.63, 3.8) is 0 Å². The number of aliphatic imine (C=N–C) groups is 1. The molecular weight excluding hydrogens is 505 g/mol. The van der Waals surface area contributed by atoms with E-state index in [1.165, 1.54) is 0 Å². The average Bonchev–Trinajstić information content (AvgIpc) is 3.03. The number of hydrogen-bond donors (Lipinski definition) is 2. The van der Waals surface area contributed by atoms with Crippen LogP contribution in [0, 0.1) is 0 Å². The third-order valence-electron chi connectivity index (χ3n) is 4.67. The number of fused-ring (bicyclic) bond motifs is 1. The maximum Gasteiger partial charge on any atom is 0.345 e. The van der Waals surface area contributed by atoms with Crippen LogP contribution in [0.15, 0.2) is 28.1 Å². The first kappa shape index (κ1) is 23.7. The van der Waals surface area contributed by atoms with Gasteiger partial charge in [0.05, 0.1) is 0 Å². The first-order valence-electron chi connectivity index (χ1n) is 9.96. The molecule has 0 fully saturated rings. The summed E-state index contributed by atoms with van der Waals surface area (Å²) >= 11 is 5.81. The third-order valence-corrected chi connectivity index (χ3v) is 4.89. The summed E-state index contributed by atoms with van der Waals surface area (Å²) < 4.78 is 3.40. The molecule has 0 saturated heterocycles. The van der Waals surface area contributed by atoms with E-state index >= 15 is 0 Å². The van der Waals surface area contributed by atoms with Crippen LogP contribution in [0.1, 0.15) is 37.6 Å². The van der Waals surface area contributed by atoms with Crippen LogP contribution < -0.4 is 16.3 Å². The SMILES string of the molecule is CCNC(=NCCCn1nc2n(c1=O)CCCC2)NCCc1ccc(Cl)nc1.I. The van der Waals surface area contributed by atoms with E-state index in [1.807, 2.05) is 17.6 Å². The number of hydrogen-bond acceptors (Lipinski definition) is 4. The predicted octanol–water partition coefficient (Wildman–Crippen LogP) is 2.24. The lowest BCUT2D eigenvalue weighted by molar-refractivity contribution is 0.509. The van der Waals surface area contributed by atoms with Gasteiger partial charge in [-0.1, -0.05) is 17.7 Å². The van der Waals surface area contributed by atoms with E-state index in [0.717, 1.165) is 69.1 Å². The minimum absolute atomic E-state index is 0. The topological polar surface area (TPSA) is 89.1 Å². The highest BCUT2D eigenvalue weighted by Crippen LogP contribution is 2.09. The van der Waals surface area contributed by atoms with E-state index in [-0.39, 0.29) is 29.7 Å². The maximum atomic E-state index is 12.3. The monoisotopic (exact) mass is 533 g/mol. The fourth-order valence-electron chi connectivity index (χ4n) is 3.23. The standard InChI is InChI=1S/C19H28ClN7O.HI/c1-2-21-18(23-11-9-15-7-8-16(20)24-14-15)22-10-5-13-27-19(28)26-12-4-3-6-17(26)25-27;/h7-8,14H,2-6,9-13H2,1H3,(H2,21,22,23);1H. The van der Waals surface area contributed by atoms with E-state index in [0.29, 0.717) is 18.2 Å². The van der Waals surface area contributed by atoms with Gasteiger partial charge in [-0.05, 0) is 44.2 Å². The van der Waals surface area contributed by atoms with Crippen molar-refractivity contribution in [2.75, 3.05) is 19.6 Å². The van der Waals surface area contributed by atoms with Crippen LogP contribution in [-0.4, -0.2) is 44.9 Å². The number of aromatic nitrogens is 4. The number of nitrogens with zero attached hydrogens (tertiary/aromatic N) is 5. The molecule has 0 aromatic carbocycles. The van der Waals surface area contributed by atoms with Crippen molar-refractivity contribution in [3.8, 4) is 0 Å². The van der Waals surface area contributed by atoms with Crippen molar-refractivity contribution < 1.29 is 0 Å². The molecule has 2 N–H and O–H groups in total. The summed E-state index contributed by atoms with van der Waals surface area (Å²) in [6.45, 7) is 5.61. The number of aryl methyl sites for hydroxylation is 2. The number of halogens is 2. The second-order valence-electron chi connectivity index (χ2n) is 6.81. The molecule has 29 heavy (non-hydrogen) atoms. The summed E-state index contributed by atoms with van der Waals surface area (Å²) in [6, 6.07) is 3.77. The quantitative estimate of drug-likeness (QED) is 0.179. The van der Waals surface area contributed by atoms with Crippen LogP contribution in [0.25, 0.3) is 0 Å². The molecule has 3 rings (SSSR count). The molecule has 0 amide bonds. The number of nitrogens with one attached hydrogen (secondary N) is 2. The van der Waals surface area contributed by atoms with Gasteiger partial charge in [-0.3, -0.25) is 9.56 Å². The number of pyridine rings is 1. The molecule has 3 heterocycles. The Hall–Kier alpha value is -1.62. The van der Waals surface area contributed by atoms with Gasteiger partial charge in [-0.25, -0.2) is 14.5 Å². The Labute approximate surface area is 193 Å². The highest BCUT2D eigenvalue weighted by Gasteiger charge is 2.16.